The van der Waals surface area contributed by atoms with Crippen LogP contribution in [-0.4, -0.2) is 119 Å². The highest BCUT2D eigenvalue weighted by Crippen LogP contribution is 2.54. The zero-order valence-electron chi connectivity index (χ0n) is 33.6. The number of nitrogens with zero attached hydrogens (tertiary/aromatic N) is 6. The van der Waals surface area contributed by atoms with Gasteiger partial charge in [0.05, 0.1) is 30.5 Å². The molecule has 2 aliphatic heterocycles. The molecule has 2 aromatic heterocycles. The second-order valence-electron chi connectivity index (χ2n) is 16.4. The maximum absolute atomic E-state index is 15.5. The van der Waals surface area contributed by atoms with Crippen molar-refractivity contribution in [2.75, 3.05) is 57.2 Å². The van der Waals surface area contributed by atoms with Crippen LogP contribution in [0.2, 0.25) is 0 Å². The maximum atomic E-state index is 15.5. The summed E-state index contributed by atoms with van der Waals surface area (Å²) in [6.45, 7) is 12.0. The Bertz CT molecular complexity index is 2260. The van der Waals surface area contributed by atoms with Crippen LogP contribution in [0.15, 0.2) is 52.2 Å². The van der Waals surface area contributed by atoms with E-state index in [1.807, 2.05) is 56.9 Å². The number of H-pyrrole nitrogens is 1. The Morgan fingerprint density at radius 1 is 1.07 bits per heavy atom. The Morgan fingerprint density at radius 3 is 2.40 bits per heavy atom. The summed E-state index contributed by atoms with van der Waals surface area (Å²) in [6, 6.07) is 8.39. The molecule has 2 aliphatic rings. The summed E-state index contributed by atoms with van der Waals surface area (Å²) in [5.41, 5.74) is -0.318. The van der Waals surface area contributed by atoms with Crippen molar-refractivity contribution in [2.45, 2.75) is 76.5 Å². The smallest absolute Gasteiger partial charge is 0.351 e. The third kappa shape index (κ3) is 9.28. The molecule has 4 heterocycles. The number of rotatable bonds is 12. The number of carbonyl (C=O) groups is 1. The van der Waals surface area contributed by atoms with Crippen molar-refractivity contribution in [2.24, 2.45) is 0 Å². The molecule has 2 atom stereocenters. The van der Waals surface area contributed by atoms with Crippen molar-refractivity contribution in [1.82, 2.24) is 34.1 Å². The number of amides is 1. The average Bonchev–Trinajstić information content (AvgIpc) is 3.66. The van der Waals surface area contributed by atoms with Crippen molar-refractivity contribution in [3.8, 4) is 28.6 Å². The Labute approximate surface area is 335 Å². The van der Waals surface area contributed by atoms with Gasteiger partial charge < -0.3 is 24.4 Å². The van der Waals surface area contributed by atoms with E-state index >= 15 is 13.2 Å². The molecule has 6 rings (SSSR count). The van der Waals surface area contributed by atoms with Gasteiger partial charge in [0.2, 0.25) is 12.1 Å². The van der Waals surface area contributed by atoms with Crippen LogP contribution in [0.25, 0.3) is 17.1 Å². The lowest BCUT2D eigenvalue weighted by molar-refractivity contribution is -0.119. The van der Waals surface area contributed by atoms with Crippen LogP contribution in [0.4, 0.5) is 19.0 Å². The maximum Gasteiger partial charge on any atom is 0.351 e. The molecule has 1 amide bonds. The molecule has 15 nitrogen and oxygen atoms in total. The highest BCUT2D eigenvalue weighted by Gasteiger charge is 2.52. The number of hydrogen-bond donors (Lipinski definition) is 4. The van der Waals surface area contributed by atoms with Gasteiger partial charge in [-0.2, -0.15) is 10.1 Å². The van der Waals surface area contributed by atoms with Gasteiger partial charge in [-0.05, 0) is 48.3 Å². The SMILES string of the molecule is CC(C)c1cc(-c2n[nH]c(=O)n2-c2ccc(CN3CCN(CC(=O)Nc4ccn(C5OC(COS(C)(C)C(C)(C)C)CC5(F)F)c(=O)n4)CC3)c(F)c2)c(O)cc1O. The minimum atomic E-state index is -3.34. The number of aromatic hydroxyl groups is 2. The summed E-state index contributed by atoms with van der Waals surface area (Å²) in [6.07, 6.45) is 1.68. The molecule has 0 radical (unpaired) electrons. The van der Waals surface area contributed by atoms with Crippen LogP contribution >= 0.6 is 10.3 Å². The molecule has 0 bridgehead atoms. The van der Waals surface area contributed by atoms with E-state index in [0.29, 0.717) is 37.3 Å². The number of halogens is 3. The zero-order valence-corrected chi connectivity index (χ0v) is 34.4. The first-order valence-electron chi connectivity index (χ1n) is 18.9. The fraction of sp³-hybridized carbons (Fsp3) is 0.513. The third-order valence-corrected chi connectivity index (χ3v) is 14.4. The first kappa shape index (κ1) is 42.9. The number of aromatic amines is 1. The molecular weight excluding hydrogens is 782 g/mol. The number of hydrogen-bond acceptors (Lipinski definition) is 11. The summed E-state index contributed by atoms with van der Waals surface area (Å²) in [5, 5.41) is 29.8. The lowest BCUT2D eigenvalue weighted by Gasteiger charge is -2.44. The number of carbonyl (C=O) groups excluding carboxylic acids is 1. The van der Waals surface area contributed by atoms with E-state index in [0.717, 1.165) is 15.3 Å². The molecular formula is C39H51F3N8O7S. The molecule has 2 unspecified atom stereocenters. The molecule has 0 aliphatic carbocycles. The predicted molar refractivity (Wildman–Crippen MR) is 214 cm³/mol. The molecule has 2 aromatic carbocycles. The second kappa shape index (κ2) is 16.5. The standard InChI is InChI=1S/C39H51F3N8O7S/c1-23(2)27-17-28(31(52)18-30(27)51)34-45-46-37(55)50(34)25-9-8-24(29(40)16-25)20-47-12-14-48(15-13-47)21-33(53)43-32-10-11-49(36(54)44-32)35-39(41,42)19-26(57-35)22-56-58(6,7)38(3,4)5/h8-11,16-18,23,26,35,51-52H,12-15,19-22H2,1-7H3,(H,46,55)(H,43,44,53,54). The molecule has 2 fully saturated rings. The summed E-state index contributed by atoms with van der Waals surface area (Å²) in [5.74, 6) is -4.84. The highest BCUT2D eigenvalue weighted by molar-refractivity contribution is 8.29. The Morgan fingerprint density at radius 2 is 1.76 bits per heavy atom. The van der Waals surface area contributed by atoms with Gasteiger partial charge in [-0.1, -0.05) is 40.7 Å². The van der Waals surface area contributed by atoms with Crippen LogP contribution in [0.1, 0.15) is 64.3 Å². The largest absolute Gasteiger partial charge is 0.508 e. The number of anilines is 1. The zero-order chi connectivity index (χ0) is 42.3. The number of piperazine rings is 1. The van der Waals surface area contributed by atoms with Crippen molar-refractivity contribution in [1.29, 1.82) is 0 Å². The van der Waals surface area contributed by atoms with Gasteiger partial charge in [0, 0.05) is 61.7 Å². The number of phenols is 2. The number of phenolic OH excluding ortho intramolecular Hbond substituents is 2. The topological polar surface area (TPSA) is 180 Å². The van der Waals surface area contributed by atoms with Crippen LogP contribution in [-0.2, 0) is 20.3 Å². The summed E-state index contributed by atoms with van der Waals surface area (Å²) >= 11 is 0. The fourth-order valence-electron chi connectivity index (χ4n) is 6.67. The van der Waals surface area contributed by atoms with E-state index < -0.39 is 58.1 Å². The van der Waals surface area contributed by atoms with Gasteiger partial charge in [-0.3, -0.25) is 19.2 Å². The third-order valence-electron chi connectivity index (χ3n) is 10.8. The van der Waals surface area contributed by atoms with E-state index in [2.05, 4.69) is 20.5 Å². The number of ether oxygens (including phenoxy) is 1. The molecule has 316 valence electrons. The van der Waals surface area contributed by atoms with E-state index in [1.54, 1.807) is 18.2 Å². The van der Waals surface area contributed by atoms with Crippen LogP contribution < -0.4 is 16.7 Å². The minimum absolute atomic E-state index is 0.0168. The van der Waals surface area contributed by atoms with Gasteiger partial charge in [-0.25, -0.2) is 32.4 Å². The minimum Gasteiger partial charge on any atom is -0.508 e. The van der Waals surface area contributed by atoms with Gasteiger partial charge in [0.15, 0.2) is 5.82 Å². The Balaban J connectivity index is 1.01. The van der Waals surface area contributed by atoms with Gasteiger partial charge in [0.1, 0.15) is 23.1 Å². The average molecular weight is 833 g/mol. The molecule has 0 spiro atoms. The van der Waals surface area contributed by atoms with Gasteiger partial charge in [-0.15, -0.1) is 10.3 Å². The highest BCUT2D eigenvalue weighted by atomic mass is 32.3. The fourth-order valence-corrected chi connectivity index (χ4v) is 7.52. The van der Waals surface area contributed by atoms with E-state index in [9.17, 15) is 24.6 Å². The molecule has 0 saturated carbocycles. The van der Waals surface area contributed by atoms with E-state index in [4.69, 9.17) is 8.92 Å². The van der Waals surface area contributed by atoms with Crippen molar-refractivity contribution >= 4 is 22.0 Å². The lowest BCUT2D eigenvalue weighted by atomic mass is 9.98. The molecule has 2 saturated heterocycles. The normalized spacial score (nSPS) is 19.5. The van der Waals surface area contributed by atoms with Gasteiger partial charge in [0.25, 0.3) is 5.92 Å². The first-order chi connectivity index (χ1) is 27.1. The summed E-state index contributed by atoms with van der Waals surface area (Å²) < 4.78 is 58.9. The van der Waals surface area contributed by atoms with Crippen molar-refractivity contribution in [3.05, 3.63) is 80.5 Å². The molecule has 58 heavy (non-hydrogen) atoms. The summed E-state index contributed by atoms with van der Waals surface area (Å²) in [7, 11) is -1.57. The number of benzene rings is 2. The lowest BCUT2D eigenvalue weighted by Crippen LogP contribution is -2.48. The number of alkyl halides is 2. The monoisotopic (exact) mass is 832 g/mol. The van der Waals surface area contributed by atoms with E-state index in [-0.39, 0.29) is 64.8 Å². The number of nitrogens with one attached hydrogen (secondary N) is 2. The van der Waals surface area contributed by atoms with Crippen LogP contribution in [0, 0.1) is 5.82 Å². The van der Waals surface area contributed by atoms with E-state index in [1.165, 1.54) is 18.2 Å². The first-order valence-corrected chi connectivity index (χ1v) is 21.3. The van der Waals surface area contributed by atoms with Crippen LogP contribution in [0.3, 0.4) is 0 Å². The summed E-state index contributed by atoms with van der Waals surface area (Å²) in [4.78, 5) is 46.3. The Kier molecular flexibility index (Phi) is 12.2. The quantitative estimate of drug-likeness (QED) is 0.152. The molecule has 19 heteroatoms. The predicted octanol–water partition coefficient (Wildman–Crippen LogP) is 4.93. The van der Waals surface area contributed by atoms with Crippen molar-refractivity contribution in [3.63, 3.8) is 0 Å². The van der Waals surface area contributed by atoms with Gasteiger partial charge >= 0.3 is 11.4 Å². The van der Waals surface area contributed by atoms with Crippen LogP contribution in [0.5, 0.6) is 11.5 Å². The molecule has 4 aromatic rings. The Hall–Kier alpha value is -4.69. The number of aromatic nitrogens is 5. The molecule has 4 N–H and O–H groups in total. The second-order valence-corrected chi connectivity index (χ2v) is 20.3. The van der Waals surface area contributed by atoms with Crippen molar-refractivity contribution < 1.29 is 37.1 Å².